The number of nitrogen functional groups attached to an aromatic ring is 1. The van der Waals surface area contributed by atoms with Crippen molar-refractivity contribution in [1.82, 2.24) is 9.97 Å². The Morgan fingerprint density at radius 3 is 2.95 bits per heavy atom. The fourth-order valence-electron chi connectivity index (χ4n) is 2.87. The first-order valence-electron chi connectivity index (χ1n) is 7.71. The first-order valence-corrected chi connectivity index (χ1v) is 8.09. The smallest absolute Gasteiger partial charge is 0.305 e. The number of halogens is 1. The van der Waals surface area contributed by atoms with Crippen LogP contribution in [0, 0.1) is 5.92 Å². The van der Waals surface area contributed by atoms with Crippen LogP contribution in [0.5, 0.6) is 0 Å². The first kappa shape index (κ1) is 16.8. The molecule has 0 bridgehead atoms. The number of carbonyl (C=O) groups excluding carboxylic acids is 1. The average Bonchev–Trinajstić information content (AvgIpc) is 2.92. The van der Waals surface area contributed by atoms with Gasteiger partial charge in [-0.25, -0.2) is 4.98 Å². The summed E-state index contributed by atoms with van der Waals surface area (Å²) >= 11 is 5.91. The Kier molecular flexibility index (Phi) is 5.83. The third-order valence-electron chi connectivity index (χ3n) is 4.03. The van der Waals surface area contributed by atoms with E-state index in [4.69, 9.17) is 22.1 Å². The lowest BCUT2D eigenvalue weighted by Gasteiger charge is -2.30. The molecule has 0 aromatic carbocycles. The van der Waals surface area contributed by atoms with E-state index in [1.807, 2.05) is 0 Å². The second kappa shape index (κ2) is 7.63. The summed E-state index contributed by atoms with van der Waals surface area (Å²) in [5, 5.41) is 0.172. The molecule has 6 nitrogen and oxygen atoms in total. The molecular weight excluding hydrogens is 304 g/mol. The van der Waals surface area contributed by atoms with Crippen LogP contribution in [0.25, 0.3) is 0 Å². The van der Waals surface area contributed by atoms with Gasteiger partial charge in [0.25, 0.3) is 0 Å². The van der Waals surface area contributed by atoms with Gasteiger partial charge < -0.3 is 15.4 Å². The summed E-state index contributed by atoms with van der Waals surface area (Å²) < 4.78 is 5.20. The van der Waals surface area contributed by atoms with Crippen LogP contribution in [-0.4, -0.2) is 35.1 Å². The van der Waals surface area contributed by atoms with Crippen molar-refractivity contribution in [3.8, 4) is 0 Å². The number of nitrogens with zero attached hydrogens (tertiary/aromatic N) is 3. The van der Waals surface area contributed by atoms with Gasteiger partial charge in [-0.1, -0.05) is 13.8 Å². The molecule has 2 rings (SSSR count). The summed E-state index contributed by atoms with van der Waals surface area (Å²) in [5.74, 6) is 1.10. The van der Waals surface area contributed by atoms with E-state index in [-0.39, 0.29) is 11.3 Å². The highest BCUT2D eigenvalue weighted by atomic mass is 35.5. The molecule has 2 atom stereocenters. The van der Waals surface area contributed by atoms with Gasteiger partial charge in [-0.2, -0.15) is 4.98 Å². The number of rotatable bonds is 6. The molecular formula is C15H23ClN4O2. The van der Waals surface area contributed by atoms with Gasteiger partial charge in [0.15, 0.2) is 5.82 Å². The minimum atomic E-state index is -0.201. The standard InChI is InChI=1S/C15H23ClN4O2/c1-3-13(21)22-7-6-20(11-5-4-10(2)8-11)14-12(17)9-18-15(16)19-14/h9-11H,3-8,17H2,1-2H3. The third-order valence-corrected chi connectivity index (χ3v) is 4.21. The van der Waals surface area contributed by atoms with Crippen LogP contribution < -0.4 is 10.6 Å². The van der Waals surface area contributed by atoms with E-state index in [1.54, 1.807) is 6.92 Å². The van der Waals surface area contributed by atoms with E-state index in [2.05, 4.69) is 21.8 Å². The van der Waals surface area contributed by atoms with Crippen LogP contribution >= 0.6 is 11.6 Å². The predicted molar refractivity (Wildman–Crippen MR) is 86.9 cm³/mol. The van der Waals surface area contributed by atoms with Gasteiger partial charge in [0, 0.05) is 12.5 Å². The number of aromatic nitrogens is 2. The van der Waals surface area contributed by atoms with Gasteiger partial charge in [0.1, 0.15) is 6.61 Å². The molecule has 0 radical (unpaired) electrons. The molecule has 2 unspecified atom stereocenters. The molecule has 0 aliphatic heterocycles. The highest BCUT2D eigenvalue weighted by Gasteiger charge is 2.29. The van der Waals surface area contributed by atoms with E-state index >= 15 is 0 Å². The van der Waals surface area contributed by atoms with E-state index < -0.39 is 0 Å². The quantitative estimate of drug-likeness (QED) is 0.639. The van der Waals surface area contributed by atoms with Crippen LogP contribution in [0.2, 0.25) is 5.28 Å². The summed E-state index contributed by atoms with van der Waals surface area (Å²) in [6.07, 6.45) is 5.22. The van der Waals surface area contributed by atoms with Crippen molar-refractivity contribution in [1.29, 1.82) is 0 Å². The molecule has 1 aliphatic rings. The number of carbonyl (C=O) groups is 1. The van der Waals surface area contributed by atoms with Crippen LogP contribution in [0.15, 0.2) is 6.20 Å². The average molecular weight is 327 g/mol. The van der Waals surface area contributed by atoms with Crippen LogP contribution in [0.3, 0.4) is 0 Å². The Morgan fingerprint density at radius 1 is 1.55 bits per heavy atom. The van der Waals surface area contributed by atoms with Crippen molar-refractivity contribution in [3.05, 3.63) is 11.5 Å². The van der Waals surface area contributed by atoms with Crippen LogP contribution in [0.4, 0.5) is 11.5 Å². The van der Waals surface area contributed by atoms with Crippen LogP contribution in [0.1, 0.15) is 39.5 Å². The maximum absolute atomic E-state index is 11.3. The molecule has 1 aromatic rings. The maximum Gasteiger partial charge on any atom is 0.305 e. The Balaban J connectivity index is 2.14. The summed E-state index contributed by atoms with van der Waals surface area (Å²) in [4.78, 5) is 21.6. The molecule has 22 heavy (non-hydrogen) atoms. The summed E-state index contributed by atoms with van der Waals surface area (Å²) in [5.41, 5.74) is 6.51. The minimum absolute atomic E-state index is 0.172. The van der Waals surface area contributed by atoms with Crippen molar-refractivity contribution >= 4 is 29.1 Å². The molecule has 122 valence electrons. The number of nitrogens with two attached hydrogens (primary N) is 1. The fraction of sp³-hybridized carbons (Fsp3) is 0.667. The summed E-state index contributed by atoms with van der Waals surface area (Å²) in [6.45, 7) is 4.89. The van der Waals surface area contributed by atoms with Crippen molar-refractivity contribution in [2.24, 2.45) is 5.92 Å². The van der Waals surface area contributed by atoms with Gasteiger partial charge in [0.05, 0.1) is 18.4 Å². The number of anilines is 2. The van der Waals surface area contributed by atoms with Gasteiger partial charge in [-0.05, 0) is 36.8 Å². The Hall–Kier alpha value is -1.56. The number of esters is 1. The van der Waals surface area contributed by atoms with Gasteiger partial charge in [0.2, 0.25) is 5.28 Å². The fourth-order valence-corrected chi connectivity index (χ4v) is 3.00. The molecule has 1 heterocycles. The normalized spacial score (nSPS) is 20.9. The second-order valence-electron chi connectivity index (χ2n) is 5.76. The number of hydrogen-bond donors (Lipinski definition) is 1. The van der Waals surface area contributed by atoms with Crippen molar-refractivity contribution < 1.29 is 9.53 Å². The molecule has 7 heteroatoms. The molecule has 1 aromatic heterocycles. The number of hydrogen-bond acceptors (Lipinski definition) is 6. The highest BCUT2D eigenvalue weighted by Crippen LogP contribution is 2.33. The van der Waals surface area contributed by atoms with Gasteiger partial charge in [-0.3, -0.25) is 4.79 Å². The van der Waals surface area contributed by atoms with E-state index in [0.717, 1.165) is 12.8 Å². The molecule has 0 saturated heterocycles. The molecule has 2 N–H and O–H groups in total. The lowest BCUT2D eigenvalue weighted by atomic mass is 10.1. The lowest BCUT2D eigenvalue weighted by molar-refractivity contribution is -0.142. The zero-order chi connectivity index (χ0) is 16.1. The van der Waals surface area contributed by atoms with Crippen molar-refractivity contribution in [2.45, 2.75) is 45.6 Å². The highest BCUT2D eigenvalue weighted by molar-refractivity contribution is 6.28. The SMILES string of the molecule is CCC(=O)OCCN(c1nc(Cl)ncc1N)C1CCC(C)C1. The first-order chi connectivity index (χ1) is 10.5. The minimum Gasteiger partial charge on any atom is -0.464 e. The largest absolute Gasteiger partial charge is 0.464 e. The van der Waals surface area contributed by atoms with E-state index in [1.165, 1.54) is 12.6 Å². The topological polar surface area (TPSA) is 81.3 Å². The Labute approximate surface area is 136 Å². The zero-order valence-electron chi connectivity index (χ0n) is 13.1. The van der Waals surface area contributed by atoms with Gasteiger partial charge >= 0.3 is 5.97 Å². The molecule has 0 amide bonds. The molecule has 1 aliphatic carbocycles. The van der Waals surface area contributed by atoms with Crippen molar-refractivity contribution in [3.63, 3.8) is 0 Å². The molecule has 0 spiro atoms. The zero-order valence-corrected chi connectivity index (χ0v) is 13.8. The summed E-state index contributed by atoms with van der Waals surface area (Å²) in [6, 6.07) is 0.337. The monoisotopic (exact) mass is 326 g/mol. The second-order valence-corrected chi connectivity index (χ2v) is 6.10. The van der Waals surface area contributed by atoms with E-state index in [9.17, 15) is 4.79 Å². The Morgan fingerprint density at radius 2 is 2.32 bits per heavy atom. The van der Waals surface area contributed by atoms with Crippen LogP contribution in [-0.2, 0) is 9.53 Å². The summed E-state index contributed by atoms with van der Waals surface area (Å²) in [7, 11) is 0. The van der Waals surface area contributed by atoms with E-state index in [0.29, 0.717) is 43.0 Å². The lowest BCUT2D eigenvalue weighted by Crippen LogP contribution is -2.38. The molecule has 1 fully saturated rings. The van der Waals surface area contributed by atoms with Crippen molar-refractivity contribution in [2.75, 3.05) is 23.8 Å². The third kappa shape index (κ3) is 4.22. The predicted octanol–water partition coefficient (Wildman–Crippen LogP) is 2.66. The maximum atomic E-state index is 11.3. The Bertz CT molecular complexity index is 526. The van der Waals surface area contributed by atoms with Gasteiger partial charge in [-0.15, -0.1) is 0 Å². The number of ether oxygens (including phenoxy) is 1. The molecule has 1 saturated carbocycles.